The van der Waals surface area contributed by atoms with Crippen LogP contribution in [-0.4, -0.2) is 52.9 Å². The third kappa shape index (κ3) is 4.20. The third-order valence-corrected chi connectivity index (χ3v) is 6.42. The van der Waals surface area contributed by atoms with Gasteiger partial charge < -0.3 is 4.90 Å². The van der Waals surface area contributed by atoms with Gasteiger partial charge in [-0.05, 0) is 35.4 Å². The number of nitro benzene ring substituents is 1. The molecule has 1 saturated heterocycles. The Hall–Kier alpha value is -3.35. The lowest BCUT2D eigenvalue weighted by Gasteiger charge is -2.32. The normalized spacial score (nSPS) is 16.6. The minimum Gasteiger partial charge on any atom is -0.304 e. The first-order valence-electron chi connectivity index (χ1n) is 11.0. The number of nitro groups is 1. The summed E-state index contributed by atoms with van der Waals surface area (Å²) < 4.78 is 0. The average Bonchev–Trinajstić information content (AvgIpc) is 3.24. The smallest absolute Gasteiger partial charge is 0.270 e. The maximum atomic E-state index is 11.2. The average molecular weight is 427 g/mol. The van der Waals surface area contributed by atoms with Gasteiger partial charge in [0.25, 0.3) is 5.69 Å². The molecule has 0 N–H and O–H groups in total. The zero-order valence-corrected chi connectivity index (χ0v) is 18.2. The first-order valence-corrected chi connectivity index (χ1v) is 11.0. The standard InChI is InChI=1S/C26H26N4O2/c1-28-11-13-29(14-12-28)18-19-5-7-20(8-6-19)22-16-25-24(9-10-26(25)27-17-22)21-3-2-4-23(15-21)30(31)32/h2-9,15-17H,10-14,18H2,1H3. The SMILES string of the molecule is CN1CCN(Cc2ccc(-c3cnc4c(c3)C(c3cccc([N+](=O)[O-])c3)=CC4)cc2)CC1. The maximum absolute atomic E-state index is 11.2. The number of likely N-dealkylation sites (N-methyl/N-ethyl adjacent to an activating group) is 1. The minimum absolute atomic E-state index is 0.108. The van der Waals surface area contributed by atoms with E-state index in [4.69, 9.17) is 4.98 Å². The second-order valence-electron chi connectivity index (χ2n) is 8.62. The summed E-state index contributed by atoms with van der Waals surface area (Å²) in [7, 11) is 2.18. The second kappa shape index (κ2) is 8.65. The van der Waals surface area contributed by atoms with Crippen LogP contribution in [0.3, 0.4) is 0 Å². The Balaban J connectivity index is 1.36. The highest BCUT2D eigenvalue weighted by Gasteiger charge is 2.20. The molecule has 6 nitrogen and oxygen atoms in total. The van der Waals surface area contributed by atoms with Gasteiger partial charge in [0, 0.05) is 68.6 Å². The van der Waals surface area contributed by atoms with Crippen LogP contribution in [0, 0.1) is 10.1 Å². The molecule has 0 amide bonds. The third-order valence-electron chi connectivity index (χ3n) is 6.42. The summed E-state index contributed by atoms with van der Waals surface area (Å²) in [5, 5.41) is 11.2. The molecule has 1 aliphatic carbocycles. The highest BCUT2D eigenvalue weighted by atomic mass is 16.6. The van der Waals surface area contributed by atoms with E-state index in [9.17, 15) is 10.1 Å². The summed E-state index contributed by atoms with van der Waals surface area (Å²) >= 11 is 0. The fraction of sp³-hybridized carbons (Fsp3) is 0.269. The van der Waals surface area contributed by atoms with Crippen molar-refractivity contribution in [3.05, 3.63) is 99.4 Å². The monoisotopic (exact) mass is 426 g/mol. The van der Waals surface area contributed by atoms with E-state index >= 15 is 0 Å². The van der Waals surface area contributed by atoms with E-state index in [1.165, 1.54) is 11.6 Å². The molecule has 162 valence electrons. The summed E-state index contributed by atoms with van der Waals surface area (Å²) in [6, 6.07) is 17.7. The van der Waals surface area contributed by atoms with Gasteiger partial charge in [-0.25, -0.2) is 0 Å². The number of allylic oxidation sites excluding steroid dienone is 1. The molecule has 2 aromatic carbocycles. The molecule has 1 aliphatic heterocycles. The first-order chi connectivity index (χ1) is 15.6. The summed E-state index contributed by atoms with van der Waals surface area (Å²) in [4.78, 5) is 20.4. The van der Waals surface area contributed by atoms with E-state index in [0.29, 0.717) is 0 Å². The summed E-state index contributed by atoms with van der Waals surface area (Å²) in [6.07, 6.45) is 4.79. The molecule has 5 rings (SSSR count). The molecule has 3 aromatic rings. The lowest BCUT2D eigenvalue weighted by atomic mass is 9.97. The molecule has 0 radical (unpaired) electrons. The first kappa shape index (κ1) is 20.5. The Labute approximate surface area is 188 Å². The van der Waals surface area contributed by atoms with Gasteiger partial charge in [-0.3, -0.25) is 20.0 Å². The maximum Gasteiger partial charge on any atom is 0.270 e. The predicted octanol–water partition coefficient (Wildman–Crippen LogP) is 4.39. The number of nitrogens with zero attached hydrogens (tertiary/aromatic N) is 4. The highest BCUT2D eigenvalue weighted by molar-refractivity contribution is 5.86. The fourth-order valence-electron chi connectivity index (χ4n) is 4.48. The summed E-state index contributed by atoms with van der Waals surface area (Å²) in [5.74, 6) is 0. The Morgan fingerprint density at radius 2 is 1.75 bits per heavy atom. The van der Waals surface area contributed by atoms with Crippen LogP contribution >= 0.6 is 0 Å². The van der Waals surface area contributed by atoms with Gasteiger partial charge in [-0.15, -0.1) is 0 Å². The van der Waals surface area contributed by atoms with Crippen molar-refractivity contribution in [1.29, 1.82) is 0 Å². The number of pyridine rings is 1. The van der Waals surface area contributed by atoms with Gasteiger partial charge in [0.15, 0.2) is 0 Å². The molecule has 2 heterocycles. The molecule has 0 spiro atoms. The Morgan fingerprint density at radius 3 is 2.50 bits per heavy atom. The van der Waals surface area contributed by atoms with Crippen LogP contribution in [-0.2, 0) is 13.0 Å². The van der Waals surface area contributed by atoms with Crippen molar-refractivity contribution in [2.45, 2.75) is 13.0 Å². The predicted molar refractivity (Wildman–Crippen MR) is 126 cm³/mol. The zero-order chi connectivity index (χ0) is 22.1. The van der Waals surface area contributed by atoms with Crippen LogP contribution in [0.1, 0.15) is 22.4 Å². The van der Waals surface area contributed by atoms with Crippen LogP contribution in [0.25, 0.3) is 16.7 Å². The number of piperazine rings is 1. The van der Waals surface area contributed by atoms with Gasteiger partial charge in [0.05, 0.1) is 10.6 Å². The van der Waals surface area contributed by atoms with Gasteiger partial charge >= 0.3 is 0 Å². The van der Waals surface area contributed by atoms with E-state index < -0.39 is 0 Å². The summed E-state index contributed by atoms with van der Waals surface area (Å²) in [5.41, 5.74) is 7.58. The van der Waals surface area contributed by atoms with Crippen molar-refractivity contribution >= 4 is 11.3 Å². The number of hydrogen-bond acceptors (Lipinski definition) is 5. The Morgan fingerprint density at radius 1 is 0.969 bits per heavy atom. The molecule has 6 heteroatoms. The molecule has 2 aliphatic rings. The zero-order valence-electron chi connectivity index (χ0n) is 18.2. The number of benzene rings is 2. The topological polar surface area (TPSA) is 62.5 Å². The van der Waals surface area contributed by atoms with Crippen LogP contribution in [0.5, 0.6) is 0 Å². The second-order valence-corrected chi connectivity index (χ2v) is 8.62. The Bertz CT molecular complexity index is 1180. The van der Waals surface area contributed by atoms with Crippen molar-refractivity contribution in [3.8, 4) is 11.1 Å². The van der Waals surface area contributed by atoms with Gasteiger partial charge in [0.1, 0.15) is 0 Å². The van der Waals surface area contributed by atoms with Crippen molar-refractivity contribution < 1.29 is 4.92 Å². The highest BCUT2D eigenvalue weighted by Crippen LogP contribution is 2.35. The minimum atomic E-state index is -0.349. The molecule has 1 fully saturated rings. The lowest BCUT2D eigenvalue weighted by Crippen LogP contribution is -2.43. The van der Waals surface area contributed by atoms with Crippen LogP contribution < -0.4 is 0 Å². The van der Waals surface area contributed by atoms with E-state index in [1.807, 2.05) is 12.3 Å². The van der Waals surface area contributed by atoms with Crippen LogP contribution in [0.2, 0.25) is 0 Å². The largest absolute Gasteiger partial charge is 0.304 e. The fourth-order valence-corrected chi connectivity index (χ4v) is 4.48. The van der Waals surface area contributed by atoms with Crippen molar-refractivity contribution in [1.82, 2.24) is 14.8 Å². The number of non-ortho nitro benzene ring substituents is 1. The van der Waals surface area contributed by atoms with Crippen molar-refractivity contribution in [2.75, 3.05) is 33.2 Å². The van der Waals surface area contributed by atoms with E-state index in [-0.39, 0.29) is 10.6 Å². The molecular weight excluding hydrogens is 400 g/mol. The van der Waals surface area contributed by atoms with Crippen LogP contribution in [0.4, 0.5) is 5.69 Å². The number of aromatic nitrogens is 1. The molecule has 1 aromatic heterocycles. The quantitative estimate of drug-likeness (QED) is 0.447. The molecule has 32 heavy (non-hydrogen) atoms. The molecule has 0 unspecified atom stereocenters. The summed E-state index contributed by atoms with van der Waals surface area (Å²) in [6.45, 7) is 5.45. The van der Waals surface area contributed by atoms with E-state index in [0.717, 1.165) is 72.7 Å². The van der Waals surface area contributed by atoms with Crippen molar-refractivity contribution in [2.24, 2.45) is 0 Å². The molecule has 0 bridgehead atoms. The van der Waals surface area contributed by atoms with Crippen LogP contribution in [0.15, 0.2) is 66.9 Å². The van der Waals surface area contributed by atoms with Gasteiger partial charge in [0.2, 0.25) is 0 Å². The lowest BCUT2D eigenvalue weighted by molar-refractivity contribution is -0.384. The number of fused-ring (bicyclic) bond motifs is 1. The number of rotatable bonds is 5. The van der Waals surface area contributed by atoms with E-state index in [1.54, 1.807) is 12.1 Å². The molecule has 0 saturated carbocycles. The van der Waals surface area contributed by atoms with Gasteiger partial charge in [-0.1, -0.05) is 42.5 Å². The molecule has 0 atom stereocenters. The number of hydrogen-bond donors (Lipinski definition) is 0. The Kier molecular flexibility index (Phi) is 5.55. The van der Waals surface area contributed by atoms with Gasteiger partial charge in [-0.2, -0.15) is 0 Å². The molecular formula is C26H26N4O2. The van der Waals surface area contributed by atoms with E-state index in [2.05, 4.69) is 53.3 Å². The van der Waals surface area contributed by atoms with Crippen molar-refractivity contribution in [3.63, 3.8) is 0 Å².